The molecule has 35 heavy (non-hydrogen) atoms. The van der Waals surface area contributed by atoms with Gasteiger partial charge in [-0.05, 0) is 48.9 Å². The van der Waals surface area contributed by atoms with Gasteiger partial charge in [-0.25, -0.2) is 13.2 Å². The fourth-order valence-electron chi connectivity index (χ4n) is 3.03. The van der Waals surface area contributed by atoms with E-state index in [1.54, 1.807) is 18.2 Å². The van der Waals surface area contributed by atoms with Crippen LogP contribution in [0.3, 0.4) is 0 Å². The molecule has 0 radical (unpaired) electrons. The van der Waals surface area contributed by atoms with Gasteiger partial charge in [-0.3, -0.25) is 4.79 Å². The molecule has 1 atom stereocenters. The number of rotatable bonds is 8. The highest BCUT2D eigenvalue weighted by molar-refractivity contribution is 7.89. The number of carbonyl (C=O) groups is 2. The van der Waals surface area contributed by atoms with Gasteiger partial charge in [0.1, 0.15) is 0 Å². The molecule has 1 amide bonds. The van der Waals surface area contributed by atoms with Gasteiger partial charge >= 0.3 is 5.97 Å². The average Bonchev–Trinajstić information content (AvgIpc) is 2.81. The van der Waals surface area contributed by atoms with Crippen molar-refractivity contribution in [1.82, 2.24) is 4.31 Å². The van der Waals surface area contributed by atoms with Crippen molar-refractivity contribution in [2.75, 3.05) is 12.4 Å². The minimum atomic E-state index is -3.94. The first kappa shape index (κ1) is 27.0. The van der Waals surface area contributed by atoms with Crippen LogP contribution in [-0.4, -0.2) is 37.8 Å². The van der Waals surface area contributed by atoms with Crippen molar-refractivity contribution >= 4 is 62.4 Å². The zero-order valence-electron chi connectivity index (χ0n) is 18.7. The number of nitrogens with zero attached hydrogens (tertiary/aromatic N) is 1. The largest absolute Gasteiger partial charge is 0.449 e. The second-order valence-corrected chi connectivity index (χ2v) is 10.8. The predicted molar refractivity (Wildman–Crippen MR) is 137 cm³/mol. The van der Waals surface area contributed by atoms with E-state index in [-0.39, 0.29) is 32.7 Å². The van der Waals surface area contributed by atoms with Crippen LogP contribution >= 0.6 is 34.8 Å². The minimum absolute atomic E-state index is 0.0204. The maximum absolute atomic E-state index is 13.1. The highest BCUT2D eigenvalue weighted by Crippen LogP contribution is 2.27. The van der Waals surface area contributed by atoms with Gasteiger partial charge in [-0.1, -0.05) is 65.1 Å². The number of amides is 1. The van der Waals surface area contributed by atoms with E-state index in [1.807, 2.05) is 18.2 Å². The zero-order chi connectivity index (χ0) is 25.8. The summed E-state index contributed by atoms with van der Waals surface area (Å²) in [7, 11) is -2.51. The summed E-state index contributed by atoms with van der Waals surface area (Å²) in [6.45, 7) is 1.50. The summed E-state index contributed by atoms with van der Waals surface area (Å²) in [6.07, 6.45) is -1.23. The van der Waals surface area contributed by atoms with E-state index in [4.69, 9.17) is 39.5 Å². The van der Waals surface area contributed by atoms with Crippen molar-refractivity contribution in [2.45, 2.75) is 24.5 Å². The highest BCUT2D eigenvalue weighted by Gasteiger charge is 2.26. The molecule has 0 aliphatic carbocycles. The number of hydrogen-bond donors (Lipinski definition) is 1. The summed E-state index contributed by atoms with van der Waals surface area (Å²) in [4.78, 5) is 25.1. The average molecular weight is 556 g/mol. The Morgan fingerprint density at radius 1 is 0.971 bits per heavy atom. The Bertz CT molecular complexity index is 1350. The number of hydrogen-bond acceptors (Lipinski definition) is 5. The Hall–Kier alpha value is -2.62. The maximum atomic E-state index is 13.1. The number of nitrogens with one attached hydrogen (secondary N) is 1. The molecule has 0 heterocycles. The van der Waals surface area contributed by atoms with Gasteiger partial charge < -0.3 is 10.1 Å². The van der Waals surface area contributed by atoms with E-state index in [9.17, 15) is 18.0 Å². The van der Waals surface area contributed by atoms with E-state index >= 15 is 0 Å². The molecular weight excluding hydrogens is 535 g/mol. The van der Waals surface area contributed by atoms with Crippen LogP contribution in [0.25, 0.3) is 0 Å². The summed E-state index contributed by atoms with van der Waals surface area (Å²) >= 11 is 18.0. The van der Waals surface area contributed by atoms with Crippen molar-refractivity contribution in [3.63, 3.8) is 0 Å². The highest BCUT2D eigenvalue weighted by atomic mass is 35.5. The standard InChI is InChI=1S/C24H21Cl3N2O5S/c1-15(23(30)28-22-11-8-17(25)12-21(22)27)34-24(31)19-13-18(9-10-20(19)26)35(32,33)29(2)14-16-6-4-3-5-7-16/h3-13,15H,14H2,1-2H3,(H,28,30). The molecule has 0 bridgehead atoms. The molecule has 3 rings (SSSR count). The fourth-order valence-corrected chi connectivity index (χ4v) is 4.87. The second kappa shape index (κ2) is 11.4. The van der Waals surface area contributed by atoms with E-state index in [0.29, 0.717) is 5.02 Å². The molecule has 11 heteroatoms. The Balaban J connectivity index is 1.74. The predicted octanol–water partition coefficient (Wildman–Crippen LogP) is 5.65. The molecule has 184 valence electrons. The minimum Gasteiger partial charge on any atom is -0.449 e. The third-order valence-electron chi connectivity index (χ3n) is 4.96. The van der Waals surface area contributed by atoms with Crippen LogP contribution in [-0.2, 0) is 26.1 Å². The lowest BCUT2D eigenvalue weighted by Crippen LogP contribution is -2.30. The van der Waals surface area contributed by atoms with Crippen molar-refractivity contribution in [3.8, 4) is 0 Å². The Kier molecular flexibility index (Phi) is 8.79. The molecule has 3 aromatic carbocycles. The van der Waals surface area contributed by atoms with Gasteiger partial charge in [0.25, 0.3) is 5.91 Å². The normalized spacial score (nSPS) is 12.3. The number of sulfonamides is 1. The van der Waals surface area contributed by atoms with Crippen LogP contribution < -0.4 is 5.32 Å². The van der Waals surface area contributed by atoms with Gasteiger partial charge in [0, 0.05) is 18.6 Å². The van der Waals surface area contributed by atoms with Gasteiger partial charge in [0.15, 0.2) is 6.10 Å². The van der Waals surface area contributed by atoms with E-state index in [1.165, 1.54) is 38.2 Å². The molecule has 0 saturated carbocycles. The number of ether oxygens (including phenoxy) is 1. The summed E-state index contributed by atoms with van der Waals surface area (Å²) in [6, 6.07) is 17.3. The zero-order valence-corrected chi connectivity index (χ0v) is 21.8. The fraction of sp³-hybridized carbons (Fsp3) is 0.167. The van der Waals surface area contributed by atoms with Crippen LogP contribution in [0.15, 0.2) is 71.6 Å². The van der Waals surface area contributed by atoms with Gasteiger partial charge in [0.05, 0.1) is 26.2 Å². The van der Waals surface area contributed by atoms with E-state index in [2.05, 4.69) is 5.32 Å². The van der Waals surface area contributed by atoms with Gasteiger partial charge in [-0.2, -0.15) is 4.31 Å². The molecule has 1 unspecified atom stereocenters. The number of benzene rings is 3. The Morgan fingerprint density at radius 2 is 1.66 bits per heavy atom. The third kappa shape index (κ3) is 6.74. The summed E-state index contributed by atoms with van der Waals surface area (Å²) < 4.78 is 32.5. The molecule has 0 fully saturated rings. The third-order valence-corrected chi connectivity index (χ3v) is 7.63. The first-order valence-corrected chi connectivity index (χ1v) is 12.8. The van der Waals surface area contributed by atoms with E-state index < -0.39 is 28.0 Å². The Morgan fingerprint density at radius 3 is 2.31 bits per heavy atom. The molecule has 1 N–H and O–H groups in total. The molecule has 0 saturated heterocycles. The van der Waals surface area contributed by atoms with Crippen LogP contribution in [0.1, 0.15) is 22.8 Å². The lowest BCUT2D eigenvalue weighted by molar-refractivity contribution is -0.123. The van der Waals surface area contributed by atoms with Crippen molar-refractivity contribution in [2.24, 2.45) is 0 Å². The summed E-state index contributed by atoms with van der Waals surface area (Å²) in [5, 5.41) is 3.13. The van der Waals surface area contributed by atoms with Crippen LogP contribution in [0.2, 0.25) is 15.1 Å². The van der Waals surface area contributed by atoms with Crippen molar-refractivity contribution in [1.29, 1.82) is 0 Å². The molecule has 3 aromatic rings. The van der Waals surface area contributed by atoms with Crippen LogP contribution in [0, 0.1) is 0 Å². The SMILES string of the molecule is CC(OC(=O)c1cc(S(=O)(=O)N(C)Cc2ccccc2)ccc1Cl)C(=O)Nc1ccc(Cl)cc1Cl. The summed E-state index contributed by atoms with van der Waals surface area (Å²) in [5.41, 5.74) is 0.898. The van der Waals surface area contributed by atoms with Crippen molar-refractivity contribution < 1.29 is 22.7 Å². The maximum Gasteiger partial charge on any atom is 0.340 e. The smallest absolute Gasteiger partial charge is 0.340 e. The molecule has 0 aliphatic rings. The first-order chi connectivity index (χ1) is 16.5. The summed E-state index contributed by atoms with van der Waals surface area (Å²) in [5.74, 6) is -1.60. The first-order valence-electron chi connectivity index (χ1n) is 10.3. The van der Waals surface area contributed by atoms with Gasteiger partial charge in [0.2, 0.25) is 10.0 Å². The van der Waals surface area contributed by atoms with Crippen LogP contribution in [0.5, 0.6) is 0 Å². The molecule has 0 spiro atoms. The molecular formula is C24H21Cl3N2O5S. The van der Waals surface area contributed by atoms with Gasteiger partial charge in [-0.15, -0.1) is 0 Å². The van der Waals surface area contributed by atoms with E-state index in [0.717, 1.165) is 15.9 Å². The molecule has 7 nitrogen and oxygen atoms in total. The number of anilines is 1. The van der Waals surface area contributed by atoms with Crippen LogP contribution in [0.4, 0.5) is 5.69 Å². The number of halogens is 3. The topological polar surface area (TPSA) is 92.8 Å². The molecule has 0 aliphatic heterocycles. The van der Waals surface area contributed by atoms with Crippen molar-refractivity contribution in [3.05, 3.63) is 92.9 Å². The lowest BCUT2D eigenvalue weighted by atomic mass is 10.2. The second-order valence-electron chi connectivity index (χ2n) is 7.55. The lowest BCUT2D eigenvalue weighted by Gasteiger charge is -2.18. The molecule has 0 aromatic heterocycles. The Labute approximate surface area is 218 Å². The monoisotopic (exact) mass is 554 g/mol. The number of esters is 1. The quantitative estimate of drug-likeness (QED) is 0.363. The number of carbonyl (C=O) groups excluding carboxylic acids is 2.